The monoisotopic (exact) mass is 442 g/mol. The van der Waals surface area contributed by atoms with Gasteiger partial charge in [-0.15, -0.1) is 0 Å². The fourth-order valence-corrected chi connectivity index (χ4v) is 3.79. The molecule has 0 saturated heterocycles. The summed E-state index contributed by atoms with van der Waals surface area (Å²) in [6.07, 6.45) is 1.57. The van der Waals surface area contributed by atoms with Crippen LogP contribution in [0.2, 0.25) is 0 Å². The SMILES string of the molecule is Cc1ccc(Cn2c(=O)c(=O)n(CC(=O)NC[C@H](C)c3ccccc3)c3cccnc32)cc1. The molecule has 4 rings (SSSR count). The molecule has 1 N–H and O–H groups in total. The minimum Gasteiger partial charge on any atom is -0.354 e. The Balaban J connectivity index is 1.60. The molecular formula is C26H26N4O3. The van der Waals surface area contributed by atoms with Gasteiger partial charge in [-0.05, 0) is 36.1 Å². The number of carbonyl (C=O) groups is 1. The Labute approximate surface area is 191 Å². The fourth-order valence-electron chi connectivity index (χ4n) is 3.79. The van der Waals surface area contributed by atoms with E-state index in [0.29, 0.717) is 17.7 Å². The lowest BCUT2D eigenvalue weighted by Gasteiger charge is -2.16. The van der Waals surface area contributed by atoms with E-state index in [-0.39, 0.29) is 24.9 Å². The molecule has 0 saturated carbocycles. The van der Waals surface area contributed by atoms with Gasteiger partial charge in [0.1, 0.15) is 6.54 Å². The van der Waals surface area contributed by atoms with Crippen LogP contribution < -0.4 is 16.4 Å². The van der Waals surface area contributed by atoms with Crippen LogP contribution in [0.1, 0.15) is 29.5 Å². The van der Waals surface area contributed by atoms with Crippen LogP contribution in [0.5, 0.6) is 0 Å². The van der Waals surface area contributed by atoms with Crippen molar-refractivity contribution in [3.8, 4) is 0 Å². The quantitative estimate of drug-likeness (QED) is 0.446. The van der Waals surface area contributed by atoms with Crippen molar-refractivity contribution in [2.45, 2.75) is 32.9 Å². The first kappa shape index (κ1) is 22.2. The van der Waals surface area contributed by atoms with Crippen LogP contribution in [0.4, 0.5) is 0 Å². The summed E-state index contributed by atoms with van der Waals surface area (Å²) in [4.78, 5) is 42.9. The first-order valence-corrected chi connectivity index (χ1v) is 10.9. The second-order valence-electron chi connectivity index (χ2n) is 8.23. The van der Waals surface area contributed by atoms with E-state index in [2.05, 4.69) is 10.3 Å². The molecule has 0 unspecified atom stereocenters. The molecule has 168 valence electrons. The minimum absolute atomic E-state index is 0.118. The number of rotatable bonds is 7. The van der Waals surface area contributed by atoms with Gasteiger partial charge in [0.15, 0.2) is 5.65 Å². The largest absolute Gasteiger partial charge is 0.354 e. The van der Waals surface area contributed by atoms with E-state index in [0.717, 1.165) is 16.7 Å². The predicted molar refractivity (Wildman–Crippen MR) is 128 cm³/mol. The van der Waals surface area contributed by atoms with Gasteiger partial charge in [0.25, 0.3) is 0 Å². The molecule has 0 aliphatic carbocycles. The number of aryl methyl sites for hydroxylation is 1. The second-order valence-corrected chi connectivity index (χ2v) is 8.23. The topological polar surface area (TPSA) is 86.0 Å². The standard InChI is InChI=1S/C26H26N4O3/c1-18-10-12-20(13-11-18)16-30-24-22(9-6-14-27-24)29(25(32)26(30)33)17-23(31)28-15-19(2)21-7-4-3-5-8-21/h3-14,19H,15-17H2,1-2H3,(H,28,31)/t19-/m0/s1. The highest BCUT2D eigenvalue weighted by atomic mass is 16.2. The summed E-state index contributed by atoms with van der Waals surface area (Å²) in [5, 5.41) is 2.87. The van der Waals surface area contributed by atoms with Crippen LogP contribution in [-0.2, 0) is 17.9 Å². The third-order valence-corrected chi connectivity index (χ3v) is 5.72. The van der Waals surface area contributed by atoms with Crippen LogP contribution >= 0.6 is 0 Å². The van der Waals surface area contributed by atoms with Crippen molar-refractivity contribution >= 4 is 17.1 Å². The fraction of sp³-hybridized carbons (Fsp3) is 0.231. The van der Waals surface area contributed by atoms with Gasteiger partial charge in [-0.3, -0.25) is 23.5 Å². The Morgan fingerprint density at radius 2 is 1.64 bits per heavy atom. The van der Waals surface area contributed by atoms with Crippen molar-refractivity contribution in [1.82, 2.24) is 19.4 Å². The van der Waals surface area contributed by atoms with Gasteiger partial charge in [0.2, 0.25) is 5.91 Å². The van der Waals surface area contributed by atoms with E-state index in [9.17, 15) is 14.4 Å². The molecule has 7 heteroatoms. The maximum atomic E-state index is 13.0. The van der Waals surface area contributed by atoms with Crippen molar-refractivity contribution in [3.05, 3.63) is 110 Å². The zero-order chi connectivity index (χ0) is 23.4. The van der Waals surface area contributed by atoms with Crippen molar-refractivity contribution in [1.29, 1.82) is 0 Å². The average molecular weight is 443 g/mol. The summed E-state index contributed by atoms with van der Waals surface area (Å²) >= 11 is 0. The number of aromatic nitrogens is 3. The highest BCUT2D eigenvalue weighted by molar-refractivity contribution is 5.78. The molecule has 7 nitrogen and oxygen atoms in total. The zero-order valence-electron chi connectivity index (χ0n) is 18.7. The number of pyridine rings is 1. The molecule has 2 heterocycles. The summed E-state index contributed by atoms with van der Waals surface area (Å²) in [6, 6.07) is 21.0. The zero-order valence-corrected chi connectivity index (χ0v) is 18.7. The minimum atomic E-state index is -0.742. The van der Waals surface area contributed by atoms with Crippen molar-refractivity contribution in [2.75, 3.05) is 6.54 Å². The third kappa shape index (κ3) is 4.92. The van der Waals surface area contributed by atoms with Gasteiger partial charge >= 0.3 is 11.1 Å². The van der Waals surface area contributed by atoms with E-state index in [1.165, 1.54) is 9.13 Å². The van der Waals surface area contributed by atoms with E-state index < -0.39 is 11.1 Å². The normalized spacial score (nSPS) is 11.9. The molecule has 0 fully saturated rings. The molecule has 33 heavy (non-hydrogen) atoms. The van der Waals surface area contributed by atoms with E-state index in [1.54, 1.807) is 18.3 Å². The highest BCUT2D eigenvalue weighted by Gasteiger charge is 2.17. The molecule has 0 bridgehead atoms. The van der Waals surface area contributed by atoms with Crippen LogP contribution in [0.15, 0.2) is 82.5 Å². The Morgan fingerprint density at radius 1 is 0.939 bits per heavy atom. The summed E-state index contributed by atoms with van der Waals surface area (Å²) in [7, 11) is 0. The lowest BCUT2D eigenvalue weighted by molar-refractivity contribution is -0.121. The molecule has 1 amide bonds. The Hall–Kier alpha value is -4.00. The van der Waals surface area contributed by atoms with Crippen molar-refractivity contribution in [3.63, 3.8) is 0 Å². The lowest BCUT2D eigenvalue weighted by atomic mass is 10.0. The first-order valence-electron chi connectivity index (χ1n) is 10.9. The summed E-state index contributed by atoms with van der Waals surface area (Å²) in [5.41, 5.74) is 2.48. The summed E-state index contributed by atoms with van der Waals surface area (Å²) in [6.45, 7) is 4.41. The van der Waals surface area contributed by atoms with Gasteiger partial charge < -0.3 is 5.32 Å². The maximum Gasteiger partial charge on any atom is 0.318 e. The highest BCUT2D eigenvalue weighted by Crippen LogP contribution is 2.13. The van der Waals surface area contributed by atoms with Crippen LogP contribution in [0.3, 0.4) is 0 Å². The lowest BCUT2D eigenvalue weighted by Crippen LogP contribution is -2.44. The smallest absolute Gasteiger partial charge is 0.318 e. The number of nitrogens with one attached hydrogen (secondary N) is 1. The van der Waals surface area contributed by atoms with E-state index in [1.807, 2.05) is 68.4 Å². The number of hydrogen-bond donors (Lipinski definition) is 1. The van der Waals surface area contributed by atoms with Crippen LogP contribution in [0.25, 0.3) is 11.2 Å². The molecule has 1 atom stereocenters. The molecule has 2 aromatic heterocycles. The number of amides is 1. The Bertz CT molecular complexity index is 1390. The second kappa shape index (κ2) is 9.65. The van der Waals surface area contributed by atoms with Gasteiger partial charge in [-0.2, -0.15) is 0 Å². The third-order valence-electron chi connectivity index (χ3n) is 5.72. The molecule has 0 spiro atoms. The first-order chi connectivity index (χ1) is 15.9. The predicted octanol–water partition coefficient (Wildman–Crippen LogP) is 2.83. The number of benzene rings is 2. The maximum absolute atomic E-state index is 13.0. The molecular weight excluding hydrogens is 416 g/mol. The number of nitrogens with zero attached hydrogens (tertiary/aromatic N) is 3. The summed E-state index contributed by atoms with van der Waals surface area (Å²) in [5.74, 6) is -0.214. The molecule has 4 aromatic rings. The number of fused-ring (bicyclic) bond motifs is 1. The Kier molecular flexibility index (Phi) is 6.49. The molecule has 0 radical (unpaired) electrons. The van der Waals surface area contributed by atoms with E-state index >= 15 is 0 Å². The van der Waals surface area contributed by atoms with Crippen molar-refractivity contribution in [2.24, 2.45) is 0 Å². The Morgan fingerprint density at radius 3 is 2.36 bits per heavy atom. The number of carbonyl (C=O) groups excluding carboxylic acids is 1. The van der Waals surface area contributed by atoms with Gasteiger partial charge in [-0.1, -0.05) is 67.1 Å². The van der Waals surface area contributed by atoms with Crippen LogP contribution in [-0.4, -0.2) is 26.6 Å². The average Bonchev–Trinajstić information content (AvgIpc) is 2.84. The van der Waals surface area contributed by atoms with Gasteiger partial charge in [0, 0.05) is 12.7 Å². The summed E-state index contributed by atoms with van der Waals surface area (Å²) < 4.78 is 2.58. The van der Waals surface area contributed by atoms with E-state index in [4.69, 9.17) is 0 Å². The molecule has 0 aliphatic rings. The molecule has 2 aromatic carbocycles. The van der Waals surface area contributed by atoms with Gasteiger partial charge in [-0.25, -0.2) is 4.98 Å². The van der Waals surface area contributed by atoms with Gasteiger partial charge in [0.05, 0.1) is 12.1 Å². The van der Waals surface area contributed by atoms with Crippen molar-refractivity contribution < 1.29 is 4.79 Å². The number of hydrogen-bond acceptors (Lipinski definition) is 4. The van der Waals surface area contributed by atoms with Crippen LogP contribution in [0, 0.1) is 6.92 Å². The molecule has 0 aliphatic heterocycles.